The van der Waals surface area contributed by atoms with E-state index in [1.807, 2.05) is 36.7 Å². The van der Waals surface area contributed by atoms with Crippen molar-refractivity contribution in [2.24, 2.45) is 0 Å². The summed E-state index contributed by atoms with van der Waals surface area (Å²) in [5.74, 6) is 0. The first kappa shape index (κ1) is 28.3. The molecule has 0 saturated carbocycles. The van der Waals surface area contributed by atoms with Crippen LogP contribution in [0.25, 0.3) is 99.5 Å². The van der Waals surface area contributed by atoms with E-state index in [9.17, 15) is 0 Å². The van der Waals surface area contributed by atoms with Crippen molar-refractivity contribution in [3.8, 4) is 55.6 Å². The van der Waals surface area contributed by atoms with Gasteiger partial charge in [-0.15, -0.1) is 0 Å². The fourth-order valence-corrected chi connectivity index (χ4v) is 7.26. The minimum Gasteiger partial charge on any atom is -0.455 e. The zero-order valence-corrected chi connectivity index (χ0v) is 26.9. The zero-order valence-electron chi connectivity index (χ0n) is 26.9. The normalized spacial score (nSPS) is 11.6. The van der Waals surface area contributed by atoms with Crippen molar-refractivity contribution < 1.29 is 8.83 Å². The monoisotopic (exact) mass is 640 g/mol. The summed E-state index contributed by atoms with van der Waals surface area (Å²) in [5.41, 5.74) is 14.3. The first-order valence-corrected chi connectivity index (χ1v) is 16.7. The number of hydrogen-bond acceptors (Lipinski definition) is 4. The molecule has 0 unspecified atom stereocenters. The number of pyridine rings is 2. The van der Waals surface area contributed by atoms with Gasteiger partial charge in [0.1, 0.15) is 22.3 Å². The van der Waals surface area contributed by atoms with Crippen molar-refractivity contribution >= 4 is 43.9 Å². The van der Waals surface area contributed by atoms with Crippen LogP contribution in [-0.2, 0) is 0 Å². The standard InChI is InChI=1S/C46H28N2O2/c1-2-17-43-39(10-1)40-14-3-11-36(44(40)49-43)29-18-20-30(21-19-29)37-12-4-15-41-42-16-5-13-38(46(42)50-45(37)41)35-25-33(31-8-6-22-47-27-31)24-34(26-35)32-9-7-23-48-28-32/h1-28H. The Labute approximate surface area is 287 Å². The highest BCUT2D eigenvalue weighted by Gasteiger charge is 2.18. The third kappa shape index (κ3) is 4.61. The van der Waals surface area contributed by atoms with Gasteiger partial charge in [0.25, 0.3) is 0 Å². The van der Waals surface area contributed by atoms with Gasteiger partial charge in [-0.1, -0.05) is 109 Å². The molecule has 6 aromatic carbocycles. The average Bonchev–Trinajstić information content (AvgIpc) is 3.77. The van der Waals surface area contributed by atoms with Gasteiger partial charge < -0.3 is 8.83 Å². The fraction of sp³-hybridized carbons (Fsp3) is 0. The molecule has 0 aliphatic rings. The summed E-state index contributed by atoms with van der Waals surface area (Å²) in [4.78, 5) is 8.78. The minimum absolute atomic E-state index is 0.864. The number of hydrogen-bond donors (Lipinski definition) is 0. The summed E-state index contributed by atoms with van der Waals surface area (Å²) in [6.07, 6.45) is 7.42. The van der Waals surface area contributed by atoms with E-state index in [0.29, 0.717) is 0 Å². The Morgan fingerprint density at radius 1 is 0.320 bits per heavy atom. The van der Waals surface area contributed by atoms with Gasteiger partial charge in [0.05, 0.1) is 0 Å². The highest BCUT2D eigenvalue weighted by atomic mass is 16.3. The SMILES string of the molecule is c1cncc(-c2cc(-c3cccnc3)cc(-c3cccc4c3oc3c(-c5ccc(-c6cccc7c6oc6ccccc67)cc5)cccc34)c2)c1. The summed E-state index contributed by atoms with van der Waals surface area (Å²) < 4.78 is 13.2. The minimum atomic E-state index is 0.864. The first-order valence-electron chi connectivity index (χ1n) is 16.7. The van der Waals surface area contributed by atoms with E-state index < -0.39 is 0 Å². The van der Waals surface area contributed by atoms with Crippen LogP contribution in [0.2, 0.25) is 0 Å². The van der Waals surface area contributed by atoms with Crippen molar-refractivity contribution in [3.63, 3.8) is 0 Å². The highest BCUT2D eigenvalue weighted by molar-refractivity contribution is 6.13. The molecule has 4 nitrogen and oxygen atoms in total. The van der Waals surface area contributed by atoms with E-state index in [1.165, 1.54) is 0 Å². The lowest BCUT2D eigenvalue weighted by Gasteiger charge is -2.11. The van der Waals surface area contributed by atoms with Crippen LogP contribution in [0, 0.1) is 0 Å². The van der Waals surface area contributed by atoms with E-state index in [-0.39, 0.29) is 0 Å². The summed E-state index contributed by atoms with van der Waals surface area (Å²) in [7, 11) is 0. The molecule has 0 aliphatic carbocycles. The Bertz CT molecular complexity index is 2790. The predicted octanol–water partition coefficient (Wildman–Crippen LogP) is 12.6. The lowest BCUT2D eigenvalue weighted by Crippen LogP contribution is -1.87. The lowest BCUT2D eigenvalue weighted by molar-refractivity contribution is 0.670. The molecule has 4 heteroatoms. The Balaban J connectivity index is 1.10. The van der Waals surface area contributed by atoms with Crippen molar-refractivity contribution in [2.45, 2.75) is 0 Å². The molecule has 0 aliphatic heterocycles. The van der Waals surface area contributed by atoms with Crippen LogP contribution in [0.3, 0.4) is 0 Å². The van der Waals surface area contributed by atoms with Gasteiger partial charge in [0.15, 0.2) is 0 Å². The van der Waals surface area contributed by atoms with Crippen molar-refractivity contribution in [1.82, 2.24) is 9.97 Å². The summed E-state index contributed by atoms with van der Waals surface area (Å²) in [6, 6.07) is 50.9. The second-order valence-electron chi connectivity index (χ2n) is 12.6. The quantitative estimate of drug-likeness (QED) is 0.188. The third-order valence-corrected chi connectivity index (χ3v) is 9.67. The molecule has 10 aromatic rings. The molecular formula is C46H28N2O2. The molecule has 4 aromatic heterocycles. The molecule has 0 bridgehead atoms. The summed E-state index contributed by atoms with van der Waals surface area (Å²) >= 11 is 0. The molecule has 0 fully saturated rings. The fourth-order valence-electron chi connectivity index (χ4n) is 7.26. The van der Waals surface area contributed by atoms with Gasteiger partial charge in [0.2, 0.25) is 0 Å². The first-order chi connectivity index (χ1) is 24.8. The zero-order chi connectivity index (χ0) is 33.0. The van der Waals surface area contributed by atoms with Crippen molar-refractivity contribution in [1.29, 1.82) is 0 Å². The molecule has 0 radical (unpaired) electrons. The molecule has 234 valence electrons. The summed E-state index contributed by atoms with van der Waals surface area (Å²) in [5, 5.41) is 4.44. The average molecular weight is 641 g/mol. The van der Waals surface area contributed by atoms with E-state index in [4.69, 9.17) is 8.83 Å². The Morgan fingerprint density at radius 2 is 0.780 bits per heavy atom. The molecule has 0 saturated heterocycles. The number of rotatable bonds is 5. The smallest absolute Gasteiger partial charge is 0.143 e. The van der Waals surface area contributed by atoms with E-state index in [2.05, 4.69) is 131 Å². The number of nitrogens with zero attached hydrogens (tertiary/aromatic N) is 2. The Kier molecular flexibility index (Phi) is 6.46. The maximum absolute atomic E-state index is 6.88. The number of para-hydroxylation sites is 4. The van der Waals surface area contributed by atoms with Crippen LogP contribution in [0.1, 0.15) is 0 Å². The lowest BCUT2D eigenvalue weighted by atomic mass is 9.93. The van der Waals surface area contributed by atoms with Crippen LogP contribution in [0.4, 0.5) is 0 Å². The molecule has 0 amide bonds. The van der Waals surface area contributed by atoms with E-state index >= 15 is 0 Å². The molecular weight excluding hydrogens is 613 g/mol. The molecule has 0 N–H and O–H groups in total. The molecule has 50 heavy (non-hydrogen) atoms. The van der Waals surface area contributed by atoms with Crippen LogP contribution in [-0.4, -0.2) is 9.97 Å². The molecule has 0 spiro atoms. The predicted molar refractivity (Wildman–Crippen MR) is 204 cm³/mol. The summed E-state index contributed by atoms with van der Waals surface area (Å²) in [6.45, 7) is 0. The van der Waals surface area contributed by atoms with Crippen LogP contribution in [0.5, 0.6) is 0 Å². The van der Waals surface area contributed by atoms with Crippen LogP contribution in [0.15, 0.2) is 179 Å². The van der Waals surface area contributed by atoms with Gasteiger partial charge in [-0.25, -0.2) is 0 Å². The molecule has 4 heterocycles. The number of benzene rings is 6. The maximum Gasteiger partial charge on any atom is 0.143 e. The molecule has 0 atom stereocenters. The second kappa shape index (κ2) is 11.4. The Morgan fingerprint density at radius 3 is 1.32 bits per heavy atom. The molecule has 10 rings (SSSR count). The highest BCUT2D eigenvalue weighted by Crippen LogP contribution is 2.42. The van der Waals surface area contributed by atoms with Crippen molar-refractivity contribution in [3.05, 3.63) is 170 Å². The third-order valence-electron chi connectivity index (χ3n) is 9.67. The largest absolute Gasteiger partial charge is 0.455 e. The number of aromatic nitrogens is 2. The van der Waals surface area contributed by atoms with Gasteiger partial charge in [-0.2, -0.15) is 0 Å². The number of fused-ring (bicyclic) bond motifs is 6. The number of furan rings is 2. The second-order valence-corrected chi connectivity index (χ2v) is 12.6. The van der Waals surface area contributed by atoms with Gasteiger partial charge in [-0.3, -0.25) is 9.97 Å². The van der Waals surface area contributed by atoms with Crippen LogP contribution < -0.4 is 0 Å². The topological polar surface area (TPSA) is 52.1 Å². The van der Waals surface area contributed by atoms with E-state index in [1.54, 1.807) is 12.4 Å². The van der Waals surface area contributed by atoms with Gasteiger partial charge in [-0.05, 0) is 64.2 Å². The van der Waals surface area contributed by atoms with Crippen molar-refractivity contribution in [2.75, 3.05) is 0 Å². The van der Waals surface area contributed by atoms with Gasteiger partial charge in [0, 0.05) is 74.1 Å². The Hall–Kier alpha value is -6.78. The maximum atomic E-state index is 6.88. The van der Waals surface area contributed by atoms with Crippen LogP contribution >= 0.6 is 0 Å². The van der Waals surface area contributed by atoms with E-state index in [0.717, 1.165) is 99.5 Å². The van der Waals surface area contributed by atoms with Gasteiger partial charge >= 0.3 is 0 Å².